The molecular formula is C34H51N3O3S. The van der Waals surface area contributed by atoms with Gasteiger partial charge in [-0.25, -0.2) is 4.98 Å². The highest BCUT2D eigenvalue weighted by atomic mass is 32.2. The zero-order chi connectivity index (χ0) is 29.1. The first-order valence-corrected chi connectivity index (χ1v) is 17.5. The van der Waals surface area contributed by atoms with Crippen LogP contribution in [0.25, 0.3) is 11.0 Å². The number of imidazole rings is 1. The van der Waals surface area contributed by atoms with Gasteiger partial charge in [-0.2, -0.15) is 13.1 Å². The van der Waals surface area contributed by atoms with Crippen LogP contribution in [-0.2, 0) is 16.8 Å². The third-order valence-electron chi connectivity index (χ3n) is 9.04. The van der Waals surface area contributed by atoms with Gasteiger partial charge in [0.1, 0.15) is 5.82 Å². The first-order chi connectivity index (χ1) is 19.8. The number of nitrogens with zero attached hydrogens (tertiary/aromatic N) is 2. The molecule has 41 heavy (non-hydrogen) atoms. The minimum atomic E-state index is -4.05. The first kappa shape index (κ1) is 31.7. The maximum atomic E-state index is 10.7. The van der Waals surface area contributed by atoms with E-state index in [1.165, 1.54) is 105 Å². The third-order valence-corrected chi connectivity index (χ3v) is 9.61. The molecule has 1 heterocycles. The van der Waals surface area contributed by atoms with E-state index in [1.54, 1.807) is 0 Å². The molecule has 1 atom stereocenters. The summed E-state index contributed by atoms with van der Waals surface area (Å²) in [7, 11) is -4.05. The Morgan fingerprint density at radius 2 is 1.44 bits per heavy atom. The number of aryl methyl sites for hydroxylation is 3. The molecule has 0 radical (unpaired) electrons. The number of hydrogen-bond acceptors (Lipinski definition) is 3. The van der Waals surface area contributed by atoms with Crippen molar-refractivity contribution in [3.05, 3.63) is 65.0 Å². The molecule has 7 heteroatoms. The summed E-state index contributed by atoms with van der Waals surface area (Å²) in [6.07, 6.45) is 18.1. The highest BCUT2D eigenvalue weighted by molar-refractivity contribution is 7.83. The van der Waals surface area contributed by atoms with E-state index in [-0.39, 0.29) is 0 Å². The van der Waals surface area contributed by atoms with E-state index in [0.29, 0.717) is 18.4 Å². The zero-order valence-electron chi connectivity index (χ0n) is 25.3. The molecule has 1 aromatic heterocycles. The number of unbranched alkanes of at least 4 members (excludes halogenated alkanes) is 9. The minimum Gasteiger partial charge on any atom is -0.327 e. The van der Waals surface area contributed by atoms with Gasteiger partial charge in [0.25, 0.3) is 0 Å². The SMILES string of the molecule is Cc1cc2nc(C(c3ccccc3)C3CCCCC3)n(CCCCCCCCCCCCNS(=O)(=O)O)c2cc1C. The van der Waals surface area contributed by atoms with Gasteiger partial charge in [0.05, 0.1) is 11.0 Å². The number of rotatable bonds is 17. The summed E-state index contributed by atoms with van der Waals surface area (Å²) in [6.45, 7) is 5.77. The average Bonchev–Trinajstić information content (AvgIpc) is 3.28. The predicted octanol–water partition coefficient (Wildman–Crippen LogP) is 8.66. The molecule has 1 aliphatic carbocycles. The van der Waals surface area contributed by atoms with E-state index in [2.05, 4.69) is 65.6 Å². The molecule has 0 amide bonds. The second-order valence-electron chi connectivity index (χ2n) is 12.2. The maximum Gasteiger partial charge on any atom is 0.333 e. The van der Waals surface area contributed by atoms with Crippen molar-refractivity contribution in [2.45, 2.75) is 123 Å². The third kappa shape index (κ3) is 9.65. The van der Waals surface area contributed by atoms with Crippen molar-refractivity contribution < 1.29 is 13.0 Å². The van der Waals surface area contributed by atoms with E-state index in [0.717, 1.165) is 31.3 Å². The van der Waals surface area contributed by atoms with E-state index >= 15 is 0 Å². The Hall–Kier alpha value is -2.22. The van der Waals surface area contributed by atoms with Crippen LogP contribution < -0.4 is 4.72 Å². The van der Waals surface area contributed by atoms with E-state index in [4.69, 9.17) is 9.54 Å². The summed E-state index contributed by atoms with van der Waals surface area (Å²) in [5.41, 5.74) is 6.52. The fourth-order valence-electron chi connectivity index (χ4n) is 6.64. The van der Waals surface area contributed by atoms with Gasteiger partial charge in [-0.05, 0) is 74.3 Å². The molecule has 1 unspecified atom stereocenters. The Bertz CT molecular complexity index is 1310. The maximum absolute atomic E-state index is 10.7. The minimum absolute atomic E-state index is 0.318. The zero-order valence-corrected chi connectivity index (χ0v) is 26.1. The van der Waals surface area contributed by atoms with Crippen molar-refractivity contribution >= 4 is 21.3 Å². The summed E-state index contributed by atoms with van der Waals surface area (Å²) < 4.78 is 34.8. The van der Waals surface area contributed by atoms with Crippen LogP contribution in [0.15, 0.2) is 42.5 Å². The number of fused-ring (bicyclic) bond motifs is 1. The number of nitrogens with one attached hydrogen (secondary N) is 1. The molecule has 2 N–H and O–H groups in total. The number of benzene rings is 2. The molecular weight excluding hydrogens is 530 g/mol. The monoisotopic (exact) mass is 581 g/mol. The van der Waals surface area contributed by atoms with Crippen molar-refractivity contribution in [2.75, 3.05) is 6.54 Å². The highest BCUT2D eigenvalue weighted by Gasteiger charge is 2.31. The molecule has 1 fully saturated rings. The van der Waals surface area contributed by atoms with Crippen LogP contribution in [-0.4, -0.2) is 29.1 Å². The van der Waals surface area contributed by atoms with Crippen molar-refractivity contribution in [1.29, 1.82) is 0 Å². The molecule has 0 aliphatic heterocycles. The molecule has 3 aromatic rings. The number of hydrogen-bond donors (Lipinski definition) is 2. The van der Waals surface area contributed by atoms with E-state index < -0.39 is 10.3 Å². The predicted molar refractivity (Wildman–Crippen MR) is 170 cm³/mol. The van der Waals surface area contributed by atoms with Crippen LogP contribution in [0.2, 0.25) is 0 Å². The first-order valence-electron chi connectivity index (χ1n) is 16.1. The van der Waals surface area contributed by atoms with Gasteiger partial charge in [0, 0.05) is 19.0 Å². The van der Waals surface area contributed by atoms with Crippen molar-refractivity contribution in [3.8, 4) is 0 Å². The normalized spacial score (nSPS) is 15.5. The topological polar surface area (TPSA) is 84.2 Å². The Balaban J connectivity index is 1.33. The fourth-order valence-corrected chi connectivity index (χ4v) is 7.04. The second kappa shape index (κ2) is 15.9. The van der Waals surface area contributed by atoms with Gasteiger partial charge in [-0.3, -0.25) is 4.55 Å². The molecule has 226 valence electrons. The Labute approximate surface area is 248 Å². The standard InChI is InChI=1S/C34H51N3O3S/c1-27-25-31-32(26-28(27)2)37(24-18-10-8-6-4-3-5-7-9-17-23-35-41(38,39)40)34(36-31)33(29-19-13-11-14-20-29)30-21-15-12-16-22-30/h11,13-14,19-20,25-26,30,33,35H,3-10,12,15-18,21-24H2,1-2H3,(H,38,39,40). The summed E-state index contributed by atoms with van der Waals surface area (Å²) in [4.78, 5) is 5.37. The Morgan fingerprint density at radius 1 is 0.854 bits per heavy atom. The summed E-state index contributed by atoms with van der Waals surface area (Å²) in [5.74, 6) is 2.28. The lowest BCUT2D eigenvalue weighted by Gasteiger charge is -2.31. The quantitative estimate of drug-likeness (QED) is 0.123. The van der Waals surface area contributed by atoms with Crippen molar-refractivity contribution in [1.82, 2.24) is 14.3 Å². The van der Waals surface area contributed by atoms with Crippen molar-refractivity contribution in [2.24, 2.45) is 5.92 Å². The smallest absolute Gasteiger partial charge is 0.327 e. The molecule has 0 saturated heterocycles. The van der Waals surface area contributed by atoms with Crippen molar-refractivity contribution in [3.63, 3.8) is 0 Å². The van der Waals surface area contributed by atoms with Crippen LogP contribution in [0.3, 0.4) is 0 Å². The van der Waals surface area contributed by atoms with E-state index in [9.17, 15) is 8.42 Å². The largest absolute Gasteiger partial charge is 0.333 e. The van der Waals surface area contributed by atoms with Gasteiger partial charge in [0.2, 0.25) is 0 Å². The van der Waals surface area contributed by atoms with Gasteiger partial charge < -0.3 is 4.57 Å². The summed E-state index contributed by atoms with van der Waals surface area (Å²) >= 11 is 0. The van der Waals surface area contributed by atoms with Crippen LogP contribution in [0.4, 0.5) is 0 Å². The van der Waals surface area contributed by atoms with Crippen LogP contribution in [0.1, 0.15) is 125 Å². The molecule has 1 saturated carbocycles. The lowest BCUT2D eigenvalue weighted by atomic mass is 9.76. The van der Waals surface area contributed by atoms with E-state index in [1.807, 2.05) is 0 Å². The Kier molecular flexibility index (Phi) is 12.3. The lowest BCUT2D eigenvalue weighted by Crippen LogP contribution is -2.23. The van der Waals surface area contributed by atoms with Gasteiger partial charge in [-0.1, -0.05) is 101 Å². The number of aromatic nitrogens is 2. The lowest BCUT2D eigenvalue weighted by molar-refractivity contribution is 0.316. The Morgan fingerprint density at radius 3 is 2.07 bits per heavy atom. The summed E-state index contributed by atoms with van der Waals surface area (Å²) in [6, 6.07) is 15.8. The van der Waals surface area contributed by atoms with Gasteiger partial charge in [0.15, 0.2) is 0 Å². The van der Waals surface area contributed by atoms with Crippen LogP contribution in [0, 0.1) is 19.8 Å². The molecule has 1 aliphatic rings. The molecule has 6 nitrogen and oxygen atoms in total. The summed E-state index contributed by atoms with van der Waals surface area (Å²) in [5, 5.41) is 0. The molecule has 0 bridgehead atoms. The van der Waals surface area contributed by atoms with Crippen LogP contribution in [0.5, 0.6) is 0 Å². The highest BCUT2D eigenvalue weighted by Crippen LogP contribution is 2.41. The van der Waals surface area contributed by atoms with Crippen LogP contribution >= 0.6 is 0 Å². The molecule has 4 rings (SSSR count). The van der Waals surface area contributed by atoms with Gasteiger partial charge in [-0.15, -0.1) is 0 Å². The average molecular weight is 582 g/mol. The molecule has 0 spiro atoms. The second-order valence-corrected chi connectivity index (χ2v) is 13.5. The van der Waals surface area contributed by atoms with Gasteiger partial charge >= 0.3 is 10.3 Å². The molecule has 2 aromatic carbocycles. The fraction of sp³-hybridized carbons (Fsp3) is 0.618.